The van der Waals surface area contributed by atoms with Crippen molar-refractivity contribution >= 4 is 0 Å². The summed E-state index contributed by atoms with van der Waals surface area (Å²) < 4.78 is 7.56. The Hall–Kier alpha value is -2.80. The zero-order valence-electron chi connectivity index (χ0n) is 16.7. The van der Waals surface area contributed by atoms with E-state index in [9.17, 15) is 0 Å². The van der Waals surface area contributed by atoms with E-state index in [0.717, 1.165) is 60.3 Å². The van der Waals surface area contributed by atoms with Gasteiger partial charge >= 0.3 is 0 Å². The predicted molar refractivity (Wildman–Crippen MR) is 107 cm³/mol. The van der Waals surface area contributed by atoms with Gasteiger partial charge < -0.3 is 9.64 Å². The highest BCUT2D eigenvalue weighted by atomic mass is 16.5. The second-order valence-corrected chi connectivity index (χ2v) is 7.36. The zero-order chi connectivity index (χ0) is 19.5. The summed E-state index contributed by atoms with van der Waals surface area (Å²) in [7, 11) is 3.85. The fraction of sp³-hybridized carbons (Fsp3) is 0.429. The number of rotatable bonds is 5. The summed E-state index contributed by atoms with van der Waals surface area (Å²) in [6.07, 6.45) is 6.30. The van der Waals surface area contributed by atoms with Gasteiger partial charge in [0.15, 0.2) is 11.6 Å². The van der Waals surface area contributed by atoms with E-state index in [-0.39, 0.29) is 0 Å². The van der Waals surface area contributed by atoms with Gasteiger partial charge in [0.25, 0.3) is 0 Å². The Morgan fingerprint density at radius 2 is 1.89 bits per heavy atom. The Bertz CT molecular complexity index is 928. The molecule has 1 aliphatic heterocycles. The normalized spacial score (nSPS) is 15.7. The number of ether oxygens (including phenoxy) is 1. The smallest absolute Gasteiger partial charge is 0.178 e. The Labute approximate surface area is 165 Å². The topological polar surface area (TPSA) is 69.0 Å². The molecule has 146 valence electrons. The summed E-state index contributed by atoms with van der Waals surface area (Å²) in [4.78, 5) is 16.2. The molecule has 0 amide bonds. The van der Waals surface area contributed by atoms with Crippen molar-refractivity contribution in [1.29, 1.82) is 0 Å². The summed E-state index contributed by atoms with van der Waals surface area (Å²) in [5.74, 6) is 2.43. The minimum atomic E-state index is 0.327. The lowest BCUT2D eigenvalue weighted by molar-refractivity contribution is 0.213. The molecule has 0 N–H and O–H groups in total. The Kier molecular flexibility index (Phi) is 5.34. The van der Waals surface area contributed by atoms with Crippen LogP contribution in [0.4, 0.5) is 0 Å². The second kappa shape index (κ2) is 8.06. The van der Waals surface area contributed by atoms with Crippen LogP contribution >= 0.6 is 0 Å². The molecule has 0 radical (unpaired) electrons. The number of likely N-dealkylation sites (tertiary alicyclic amines) is 1. The van der Waals surface area contributed by atoms with E-state index in [2.05, 4.69) is 32.7 Å². The summed E-state index contributed by atoms with van der Waals surface area (Å²) >= 11 is 0. The van der Waals surface area contributed by atoms with E-state index in [1.54, 1.807) is 19.5 Å². The number of benzene rings is 1. The third kappa shape index (κ3) is 3.89. The van der Waals surface area contributed by atoms with Crippen molar-refractivity contribution in [2.24, 2.45) is 0 Å². The molecule has 1 aromatic carbocycles. The molecular formula is C21H26N6O. The van der Waals surface area contributed by atoms with E-state index in [1.165, 1.54) is 0 Å². The van der Waals surface area contributed by atoms with Crippen molar-refractivity contribution in [2.75, 3.05) is 27.2 Å². The van der Waals surface area contributed by atoms with Crippen molar-refractivity contribution in [1.82, 2.24) is 29.6 Å². The highest BCUT2D eigenvalue weighted by Crippen LogP contribution is 2.28. The summed E-state index contributed by atoms with van der Waals surface area (Å²) in [6.45, 7) is 4.06. The van der Waals surface area contributed by atoms with Crippen LogP contribution < -0.4 is 4.74 Å². The number of hydrogen-bond acceptors (Lipinski definition) is 6. The lowest BCUT2D eigenvalue weighted by Gasteiger charge is -2.29. The third-order valence-corrected chi connectivity index (χ3v) is 5.26. The van der Waals surface area contributed by atoms with Gasteiger partial charge in [-0.2, -0.15) is 5.10 Å². The van der Waals surface area contributed by atoms with Crippen molar-refractivity contribution < 1.29 is 4.74 Å². The summed E-state index contributed by atoms with van der Waals surface area (Å²) in [6, 6.07) is 8.34. The average Bonchev–Trinajstić information content (AvgIpc) is 3.13. The highest BCUT2D eigenvalue weighted by molar-refractivity contribution is 5.48. The van der Waals surface area contributed by atoms with E-state index in [0.29, 0.717) is 12.5 Å². The van der Waals surface area contributed by atoms with Crippen LogP contribution in [-0.4, -0.2) is 56.9 Å². The van der Waals surface area contributed by atoms with Crippen LogP contribution in [0.15, 0.2) is 36.7 Å². The lowest BCUT2D eigenvalue weighted by atomic mass is 10.1. The Morgan fingerprint density at radius 3 is 2.61 bits per heavy atom. The van der Waals surface area contributed by atoms with Gasteiger partial charge in [-0.05, 0) is 46.0 Å². The molecular weight excluding hydrogens is 352 g/mol. The van der Waals surface area contributed by atoms with Gasteiger partial charge in [0.05, 0.1) is 25.0 Å². The highest BCUT2D eigenvalue weighted by Gasteiger charge is 2.24. The van der Waals surface area contributed by atoms with Crippen LogP contribution in [0.5, 0.6) is 5.75 Å². The monoisotopic (exact) mass is 378 g/mol. The van der Waals surface area contributed by atoms with E-state index in [4.69, 9.17) is 14.8 Å². The molecule has 0 spiro atoms. The molecule has 3 aromatic rings. The van der Waals surface area contributed by atoms with Gasteiger partial charge in [-0.3, -0.25) is 4.98 Å². The molecule has 2 aromatic heterocycles. The fourth-order valence-corrected chi connectivity index (χ4v) is 3.64. The Morgan fingerprint density at radius 1 is 1.11 bits per heavy atom. The lowest BCUT2D eigenvalue weighted by Crippen LogP contribution is -2.32. The molecule has 1 saturated heterocycles. The summed E-state index contributed by atoms with van der Waals surface area (Å²) in [5, 5.41) is 4.89. The molecule has 7 nitrogen and oxygen atoms in total. The van der Waals surface area contributed by atoms with Crippen LogP contribution in [0.2, 0.25) is 0 Å². The first-order valence-corrected chi connectivity index (χ1v) is 9.69. The van der Waals surface area contributed by atoms with Gasteiger partial charge in [-0.15, -0.1) is 0 Å². The average molecular weight is 378 g/mol. The second-order valence-electron chi connectivity index (χ2n) is 7.36. The third-order valence-electron chi connectivity index (χ3n) is 5.26. The SMILES string of the molecule is COc1ccccc1Cc1nc(-c2cnc(C)cn2)n(C2CCN(C)CC2)n1. The molecule has 1 fully saturated rings. The van der Waals surface area contributed by atoms with Crippen molar-refractivity contribution in [3.8, 4) is 17.3 Å². The zero-order valence-corrected chi connectivity index (χ0v) is 16.7. The van der Waals surface area contributed by atoms with E-state index < -0.39 is 0 Å². The molecule has 1 aliphatic rings. The first-order chi connectivity index (χ1) is 13.6. The maximum absolute atomic E-state index is 5.49. The quantitative estimate of drug-likeness (QED) is 0.680. The van der Waals surface area contributed by atoms with E-state index in [1.807, 2.05) is 25.1 Å². The van der Waals surface area contributed by atoms with Crippen LogP contribution in [0.3, 0.4) is 0 Å². The Balaban J connectivity index is 1.70. The first-order valence-electron chi connectivity index (χ1n) is 9.69. The van der Waals surface area contributed by atoms with Gasteiger partial charge in [0.1, 0.15) is 11.4 Å². The van der Waals surface area contributed by atoms with Crippen LogP contribution in [0.25, 0.3) is 11.5 Å². The number of aryl methyl sites for hydroxylation is 1. The standard InChI is InChI=1S/C21H26N6O/c1-15-13-23-18(14-22-15)21-24-20(12-16-6-4-5-7-19(16)28-3)25-27(21)17-8-10-26(2)11-9-17/h4-7,13-14,17H,8-12H2,1-3H3. The van der Waals surface area contributed by atoms with Gasteiger partial charge in [0.2, 0.25) is 0 Å². The maximum Gasteiger partial charge on any atom is 0.178 e. The van der Waals surface area contributed by atoms with Crippen LogP contribution in [0, 0.1) is 6.92 Å². The molecule has 7 heteroatoms. The largest absolute Gasteiger partial charge is 0.496 e. The molecule has 0 saturated carbocycles. The van der Waals surface area contributed by atoms with Crippen LogP contribution in [0.1, 0.15) is 36.0 Å². The molecule has 4 rings (SSSR count). The van der Waals surface area contributed by atoms with Gasteiger partial charge in [-0.25, -0.2) is 14.6 Å². The molecule has 3 heterocycles. The van der Waals surface area contributed by atoms with Crippen molar-refractivity contribution in [2.45, 2.75) is 32.2 Å². The van der Waals surface area contributed by atoms with Gasteiger partial charge in [0, 0.05) is 18.2 Å². The first kappa shape index (κ1) is 18.6. The minimum Gasteiger partial charge on any atom is -0.496 e. The number of nitrogens with zero attached hydrogens (tertiary/aromatic N) is 6. The van der Waals surface area contributed by atoms with Crippen LogP contribution in [-0.2, 0) is 6.42 Å². The molecule has 28 heavy (non-hydrogen) atoms. The number of aromatic nitrogens is 5. The molecule has 0 aliphatic carbocycles. The fourth-order valence-electron chi connectivity index (χ4n) is 3.64. The summed E-state index contributed by atoms with van der Waals surface area (Å²) in [5.41, 5.74) is 2.73. The molecule has 0 atom stereocenters. The number of methoxy groups -OCH3 is 1. The maximum atomic E-state index is 5.49. The van der Waals surface area contributed by atoms with Crippen molar-refractivity contribution in [3.63, 3.8) is 0 Å². The number of para-hydroxylation sites is 1. The molecule has 0 bridgehead atoms. The van der Waals surface area contributed by atoms with E-state index >= 15 is 0 Å². The molecule has 0 unspecified atom stereocenters. The van der Waals surface area contributed by atoms with Gasteiger partial charge in [-0.1, -0.05) is 18.2 Å². The minimum absolute atomic E-state index is 0.327. The predicted octanol–water partition coefficient (Wildman–Crippen LogP) is 2.91. The van der Waals surface area contributed by atoms with Crippen molar-refractivity contribution in [3.05, 3.63) is 53.7 Å². The number of hydrogen-bond donors (Lipinski definition) is 0. The number of piperidine rings is 1.